The Labute approximate surface area is 106 Å². The van der Waals surface area contributed by atoms with Gasteiger partial charge in [0.15, 0.2) is 5.82 Å². The van der Waals surface area contributed by atoms with Crippen molar-refractivity contribution < 1.29 is 4.74 Å². The quantitative estimate of drug-likeness (QED) is 0.894. The molecule has 0 atom stereocenters. The van der Waals surface area contributed by atoms with Crippen molar-refractivity contribution in [3.05, 3.63) is 36.7 Å². The highest BCUT2D eigenvalue weighted by Crippen LogP contribution is 2.29. The predicted octanol–water partition coefficient (Wildman–Crippen LogP) is 2.73. The average molecular weight is 241 g/mol. The van der Waals surface area contributed by atoms with Crippen LogP contribution in [0.15, 0.2) is 36.7 Å². The lowest BCUT2D eigenvalue weighted by Gasteiger charge is -2.08. The molecular formula is C14H15N3O. The first kappa shape index (κ1) is 11.0. The van der Waals surface area contributed by atoms with Crippen LogP contribution in [0.1, 0.15) is 12.8 Å². The minimum atomic E-state index is 0.431. The highest BCUT2D eigenvalue weighted by molar-refractivity contribution is 5.71. The van der Waals surface area contributed by atoms with Crippen LogP contribution >= 0.6 is 0 Å². The summed E-state index contributed by atoms with van der Waals surface area (Å²) in [6, 6.07) is 8.01. The molecule has 0 radical (unpaired) electrons. The molecule has 1 aliphatic rings. The van der Waals surface area contributed by atoms with Crippen molar-refractivity contribution in [2.75, 3.05) is 12.4 Å². The van der Waals surface area contributed by atoms with Gasteiger partial charge in [-0.05, 0) is 37.1 Å². The maximum absolute atomic E-state index is 5.72. The second kappa shape index (κ2) is 4.64. The number of aromatic nitrogens is 2. The average Bonchev–Trinajstić information content (AvgIpc) is 3.24. The van der Waals surface area contributed by atoms with E-state index >= 15 is 0 Å². The summed E-state index contributed by atoms with van der Waals surface area (Å²) in [5.41, 5.74) is 1.90. The fourth-order valence-corrected chi connectivity index (χ4v) is 1.80. The zero-order chi connectivity index (χ0) is 12.4. The monoisotopic (exact) mass is 241 g/mol. The van der Waals surface area contributed by atoms with E-state index in [0.29, 0.717) is 6.10 Å². The standard InChI is InChI=1S/C14H15N3O/c1-15-14-13(16-8-9-17-14)10-2-4-11(5-3-10)18-12-6-7-12/h2-5,8-9,12H,6-7H2,1H3,(H,15,17). The van der Waals surface area contributed by atoms with Crippen LogP contribution in [0.5, 0.6) is 5.75 Å². The summed E-state index contributed by atoms with van der Waals surface area (Å²) in [6.07, 6.45) is 6.16. The van der Waals surface area contributed by atoms with E-state index in [0.717, 1.165) is 22.8 Å². The molecule has 1 aliphatic carbocycles. The molecule has 0 unspecified atom stereocenters. The molecule has 0 saturated heterocycles. The molecule has 4 nitrogen and oxygen atoms in total. The van der Waals surface area contributed by atoms with Crippen LogP contribution in [0.2, 0.25) is 0 Å². The lowest BCUT2D eigenvalue weighted by Crippen LogP contribution is -1.98. The molecule has 0 amide bonds. The first-order valence-corrected chi connectivity index (χ1v) is 6.12. The van der Waals surface area contributed by atoms with Gasteiger partial charge in [0.05, 0.1) is 6.10 Å². The molecule has 92 valence electrons. The maximum Gasteiger partial charge on any atom is 0.152 e. The maximum atomic E-state index is 5.72. The van der Waals surface area contributed by atoms with Gasteiger partial charge in [0.2, 0.25) is 0 Å². The topological polar surface area (TPSA) is 47.0 Å². The third kappa shape index (κ3) is 2.27. The Morgan fingerprint density at radius 1 is 1.11 bits per heavy atom. The van der Waals surface area contributed by atoms with Gasteiger partial charge in [-0.1, -0.05) is 0 Å². The van der Waals surface area contributed by atoms with Crippen molar-refractivity contribution in [3.8, 4) is 17.0 Å². The molecule has 1 aromatic heterocycles. The molecular weight excluding hydrogens is 226 g/mol. The van der Waals surface area contributed by atoms with Crippen LogP contribution in [0.4, 0.5) is 5.82 Å². The number of nitrogens with one attached hydrogen (secondary N) is 1. The molecule has 0 spiro atoms. The summed E-state index contributed by atoms with van der Waals surface area (Å²) < 4.78 is 5.72. The van der Waals surface area contributed by atoms with Crippen molar-refractivity contribution in [2.45, 2.75) is 18.9 Å². The Morgan fingerprint density at radius 2 is 1.83 bits per heavy atom. The van der Waals surface area contributed by atoms with Crippen molar-refractivity contribution in [1.82, 2.24) is 9.97 Å². The van der Waals surface area contributed by atoms with Crippen LogP contribution < -0.4 is 10.1 Å². The first-order chi connectivity index (χ1) is 8.86. The van der Waals surface area contributed by atoms with Crippen molar-refractivity contribution in [1.29, 1.82) is 0 Å². The van der Waals surface area contributed by atoms with Gasteiger partial charge < -0.3 is 10.1 Å². The molecule has 1 fully saturated rings. The van der Waals surface area contributed by atoms with E-state index in [9.17, 15) is 0 Å². The zero-order valence-corrected chi connectivity index (χ0v) is 10.3. The van der Waals surface area contributed by atoms with E-state index in [1.807, 2.05) is 31.3 Å². The van der Waals surface area contributed by atoms with Gasteiger partial charge in [-0.3, -0.25) is 4.98 Å². The van der Waals surface area contributed by atoms with E-state index < -0.39 is 0 Å². The van der Waals surface area contributed by atoms with Crippen LogP contribution in [-0.4, -0.2) is 23.1 Å². The predicted molar refractivity (Wildman–Crippen MR) is 70.7 cm³/mol. The molecule has 4 heteroatoms. The first-order valence-electron chi connectivity index (χ1n) is 6.12. The van der Waals surface area contributed by atoms with Crippen LogP contribution in [-0.2, 0) is 0 Å². The summed E-state index contributed by atoms with van der Waals surface area (Å²) in [6.45, 7) is 0. The Balaban J connectivity index is 1.86. The van der Waals surface area contributed by atoms with Gasteiger partial charge in [-0.2, -0.15) is 0 Å². The van der Waals surface area contributed by atoms with E-state index in [4.69, 9.17) is 4.74 Å². The number of benzene rings is 1. The summed E-state index contributed by atoms with van der Waals surface area (Å²) in [5.74, 6) is 1.71. The smallest absolute Gasteiger partial charge is 0.152 e. The summed E-state index contributed by atoms with van der Waals surface area (Å²) in [4.78, 5) is 8.61. The highest BCUT2D eigenvalue weighted by atomic mass is 16.5. The Morgan fingerprint density at radius 3 is 2.50 bits per heavy atom. The largest absolute Gasteiger partial charge is 0.490 e. The number of hydrogen-bond acceptors (Lipinski definition) is 4. The van der Waals surface area contributed by atoms with E-state index in [1.165, 1.54) is 12.8 Å². The van der Waals surface area contributed by atoms with Gasteiger partial charge in [0.1, 0.15) is 11.4 Å². The molecule has 1 N–H and O–H groups in total. The summed E-state index contributed by atoms with van der Waals surface area (Å²) >= 11 is 0. The van der Waals surface area contributed by atoms with Gasteiger partial charge >= 0.3 is 0 Å². The highest BCUT2D eigenvalue weighted by Gasteiger charge is 2.23. The van der Waals surface area contributed by atoms with Crippen LogP contribution in [0.3, 0.4) is 0 Å². The Kier molecular flexibility index (Phi) is 2.84. The summed E-state index contributed by atoms with van der Waals surface area (Å²) in [5, 5.41) is 3.05. The van der Waals surface area contributed by atoms with Crippen LogP contribution in [0, 0.1) is 0 Å². The third-order valence-electron chi connectivity index (χ3n) is 2.89. The number of rotatable bonds is 4. The Hall–Kier alpha value is -2.10. The number of nitrogens with zero attached hydrogens (tertiary/aromatic N) is 2. The summed E-state index contributed by atoms with van der Waals surface area (Å²) in [7, 11) is 1.85. The number of ether oxygens (including phenoxy) is 1. The minimum absolute atomic E-state index is 0.431. The second-order valence-corrected chi connectivity index (χ2v) is 4.35. The van der Waals surface area contributed by atoms with E-state index in [-0.39, 0.29) is 0 Å². The molecule has 0 aliphatic heterocycles. The minimum Gasteiger partial charge on any atom is -0.490 e. The zero-order valence-electron chi connectivity index (χ0n) is 10.3. The molecule has 1 heterocycles. The second-order valence-electron chi connectivity index (χ2n) is 4.35. The third-order valence-corrected chi connectivity index (χ3v) is 2.89. The SMILES string of the molecule is CNc1nccnc1-c1ccc(OC2CC2)cc1. The fourth-order valence-electron chi connectivity index (χ4n) is 1.80. The normalized spacial score (nSPS) is 14.3. The van der Waals surface area contributed by atoms with Crippen molar-refractivity contribution in [3.63, 3.8) is 0 Å². The van der Waals surface area contributed by atoms with E-state index in [1.54, 1.807) is 12.4 Å². The van der Waals surface area contributed by atoms with E-state index in [2.05, 4.69) is 15.3 Å². The van der Waals surface area contributed by atoms with Crippen LogP contribution in [0.25, 0.3) is 11.3 Å². The number of anilines is 1. The molecule has 3 rings (SSSR count). The number of hydrogen-bond donors (Lipinski definition) is 1. The van der Waals surface area contributed by atoms with Gasteiger partial charge in [-0.15, -0.1) is 0 Å². The molecule has 2 aromatic rings. The lowest BCUT2D eigenvalue weighted by atomic mass is 10.1. The van der Waals surface area contributed by atoms with Gasteiger partial charge in [-0.25, -0.2) is 4.98 Å². The van der Waals surface area contributed by atoms with Crippen molar-refractivity contribution >= 4 is 5.82 Å². The Bertz CT molecular complexity index is 535. The molecule has 1 saturated carbocycles. The fraction of sp³-hybridized carbons (Fsp3) is 0.286. The van der Waals surface area contributed by atoms with Crippen molar-refractivity contribution in [2.24, 2.45) is 0 Å². The lowest BCUT2D eigenvalue weighted by molar-refractivity contribution is 0.303. The van der Waals surface area contributed by atoms with Gasteiger partial charge in [0.25, 0.3) is 0 Å². The molecule has 0 bridgehead atoms. The van der Waals surface area contributed by atoms with Gasteiger partial charge in [0, 0.05) is 25.0 Å². The molecule has 1 aromatic carbocycles. The molecule has 18 heavy (non-hydrogen) atoms.